The Bertz CT molecular complexity index is 653. The van der Waals surface area contributed by atoms with Gasteiger partial charge in [0.2, 0.25) is 11.8 Å². The fraction of sp³-hybridized carbons (Fsp3) is 0.600. The number of hydrogen-bond donors (Lipinski definition) is 1. The molecule has 0 radical (unpaired) electrons. The number of rotatable bonds is 6. The fourth-order valence-corrected chi connectivity index (χ4v) is 4.16. The zero-order valence-electron chi connectivity index (χ0n) is 15.6. The van der Waals surface area contributed by atoms with E-state index in [1.54, 1.807) is 7.11 Å². The first-order valence-corrected chi connectivity index (χ1v) is 9.25. The van der Waals surface area contributed by atoms with Gasteiger partial charge in [-0.25, -0.2) is 0 Å². The van der Waals surface area contributed by atoms with E-state index in [1.165, 1.54) is 7.11 Å². The highest BCUT2D eigenvalue weighted by molar-refractivity contribution is 5.79. The van der Waals surface area contributed by atoms with Crippen LogP contribution in [0.5, 0.6) is 5.75 Å². The number of likely N-dealkylation sites (tertiary alicyclic amines) is 1. The van der Waals surface area contributed by atoms with Gasteiger partial charge in [0.1, 0.15) is 12.4 Å². The molecule has 1 aromatic rings. The monoisotopic (exact) mass is 360 g/mol. The number of hydrogen-bond acceptors (Lipinski definition) is 4. The molecule has 6 nitrogen and oxygen atoms in total. The summed E-state index contributed by atoms with van der Waals surface area (Å²) >= 11 is 0. The van der Waals surface area contributed by atoms with Crippen molar-refractivity contribution in [3.05, 3.63) is 29.8 Å². The van der Waals surface area contributed by atoms with Crippen LogP contribution in [0.2, 0.25) is 0 Å². The number of nitrogens with zero attached hydrogens (tertiary/aromatic N) is 1. The minimum atomic E-state index is -0.0481. The fourth-order valence-electron chi connectivity index (χ4n) is 4.16. The summed E-state index contributed by atoms with van der Waals surface area (Å²) in [5.74, 6) is 0.887. The van der Waals surface area contributed by atoms with Crippen molar-refractivity contribution >= 4 is 11.8 Å². The summed E-state index contributed by atoms with van der Waals surface area (Å²) in [7, 11) is 3.16. The number of amides is 2. The lowest BCUT2D eigenvalue weighted by molar-refractivity contribution is -0.137. The van der Waals surface area contributed by atoms with Gasteiger partial charge < -0.3 is 19.7 Å². The summed E-state index contributed by atoms with van der Waals surface area (Å²) in [6.07, 6.45) is 4.46. The molecule has 1 atom stereocenters. The van der Waals surface area contributed by atoms with Gasteiger partial charge in [-0.1, -0.05) is 12.1 Å². The topological polar surface area (TPSA) is 67.9 Å². The van der Waals surface area contributed by atoms with Crippen molar-refractivity contribution in [1.82, 2.24) is 10.2 Å². The SMILES string of the molecule is COCC(=O)NC1CCC12CCN(C(=O)Cc1cccc(OC)c1)CC2. The van der Waals surface area contributed by atoms with Crippen LogP contribution in [-0.4, -0.2) is 56.7 Å². The van der Waals surface area contributed by atoms with Crippen LogP contribution in [0.1, 0.15) is 31.2 Å². The zero-order valence-corrected chi connectivity index (χ0v) is 15.6. The van der Waals surface area contributed by atoms with Crippen LogP contribution in [0.3, 0.4) is 0 Å². The van der Waals surface area contributed by atoms with Crippen molar-refractivity contribution in [3.8, 4) is 5.75 Å². The van der Waals surface area contributed by atoms with Crippen LogP contribution in [0.25, 0.3) is 0 Å². The Morgan fingerprint density at radius 2 is 2.00 bits per heavy atom. The number of methoxy groups -OCH3 is 2. The summed E-state index contributed by atoms with van der Waals surface area (Å²) < 4.78 is 10.1. The van der Waals surface area contributed by atoms with Crippen LogP contribution in [-0.2, 0) is 20.7 Å². The summed E-state index contributed by atoms with van der Waals surface area (Å²) in [4.78, 5) is 26.4. The molecule has 6 heteroatoms. The van der Waals surface area contributed by atoms with Gasteiger partial charge in [0.25, 0.3) is 0 Å². The summed E-state index contributed by atoms with van der Waals surface area (Å²) in [5, 5.41) is 3.09. The summed E-state index contributed by atoms with van der Waals surface area (Å²) in [6, 6.07) is 7.89. The molecule has 1 saturated heterocycles. The molecule has 1 aliphatic carbocycles. The molecule has 3 rings (SSSR count). The third-order valence-electron chi connectivity index (χ3n) is 5.88. The first-order chi connectivity index (χ1) is 12.6. The smallest absolute Gasteiger partial charge is 0.246 e. The highest BCUT2D eigenvalue weighted by Gasteiger charge is 2.49. The van der Waals surface area contributed by atoms with E-state index in [0.29, 0.717) is 6.42 Å². The molecule has 2 aliphatic rings. The Kier molecular flexibility index (Phi) is 5.81. The Morgan fingerprint density at radius 3 is 2.62 bits per heavy atom. The van der Waals surface area contributed by atoms with E-state index in [0.717, 1.165) is 50.1 Å². The van der Waals surface area contributed by atoms with E-state index in [2.05, 4.69) is 5.32 Å². The molecule has 142 valence electrons. The highest BCUT2D eigenvalue weighted by Crippen LogP contribution is 2.49. The van der Waals surface area contributed by atoms with E-state index in [9.17, 15) is 9.59 Å². The average molecular weight is 360 g/mol. The molecule has 1 aliphatic heterocycles. The third-order valence-corrected chi connectivity index (χ3v) is 5.88. The molecular formula is C20H28N2O4. The van der Waals surface area contributed by atoms with Gasteiger partial charge in [-0.15, -0.1) is 0 Å². The number of carbonyl (C=O) groups excluding carboxylic acids is 2. The highest BCUT2D eigenvalue weighted by atomic mass is 16.5. The first kappa shape index (κ1) is 18.7. The second-order valence-corrected chi connectivity index (χ2v) is 7.36. The Balaban J connectivity index is 1.51. The largest absolute Gasteiger partial charge is 0.497 e. The number of piperidine rings is 1. The first-order valence-electron chi connectivity index (χ1n) is 9.25. The van der Waals surface area contributed by atoms with Crippen molar-refractivity contribution in [1.29, 1.82) is 0 Å². The predicted molar refractivity (Wildman–Crippen MR) is 98.0 cm³/mol. The molecule has 26 heavy (non-hydrogen) atoms. The van der Waals surface area contributed by atoms with E-state index in [1.807, 2.05) is 29.2 Å². The molecule has 0 bridgehead atoms. The molecule has 1 aromatic carbocycles. The van der Waals surface area contributed by atoms with Crippen LogP contribution in [0.15, 0.2) is 24.3 Å². The molecule has 1 heterocycles. The summed E-state index contributed by atoms with van der Waals surface area (Å²) in [5.41, 5.74) is 1.14. The lowest BCUT2D eigenvalue weighted by atomic mass is 9.59. The number of carbonyl (C=O) groups is 2. The van der Waals surface area contributed by atoms with Crippen molar-refractivity contribution in [2.75, 3.05) is 33.9 Å². The van der Waals surface area contributed by atoms with E-state index >= 15 is 0 Å². The van der Waals surface area contributed by atoms with Gasteiger partial charge in [-0.2, -0.15) is 0 Å². The maximum atomic E-state index is 12.6. The van der Waals surface area contributed by atoms with Gasteiger partial charge in [-0.3, -0.25) is 9.59 Å². The van der Waals surface area contributed by atoms with E-state index in [-0.39, 0.29) is 29.9 Å². The van der Waals surface area contributed by atoms with Crippen molar-refractivity contribution < 1.29 is 19.1 Å². The van der Waals surface area contributed by atoms with Crippen LogP contribution in [0, 0.1) is 5.41 Å². The number of nitrogens with one attached hydrogen (secondary N) is 1. The normalized spacial score (nSPS) is 21.2. The molecule has 1 saturated carbocycles. The predicted octanol–water partition coefficient (Wildman–Crippen LogP) is 1.77. The average Bonchev–Trinajstić information content (AvgIpc) is 2.65. The lowest BCUT2D eigenvalue weighted by Crippen LogP contribution is -2.60. The maximum absolute atomic E-state index is 12.6. The lowest BCUT2D eigenvalue weighted by Gasteiger charge is -2.54. The third kappa shape index (κ3) is 4.01. The second kappa shape index (κ2) is 8.08. The molecule has 0 aromatic heterocycles. The van der Waals surface area contributed by atoms with Crippen LogP contribution >= 0.6 is 0 Å². The molecule has 2 fully saturated rings. The van der Waals surface area contributed by atoms with E-state index < -0.39 is 0 Å². The molecular weight excluding hydrogens is 332 g/mol. The van der Waals surface area contributed by atoms with E-state index in [4.69, 9.17) is 9.47 Å². The number of ether oxygens (including phenoxy) is 2. The maximum Gasteiger partial charge on any atom is 0.246 e. The van der Waals surface area contributed by atoms with Crippen molar-refractivity contribution in [2.24, 2.45) is 5.41 Å². The quantitative estimate of drug-likeness (QED) is 0.840. The summed E-state index contributed by atoms with van der Waals surface area (Å²) in [6.45, 7) is 1.64. The van der Waals surface area contributed by atoms with Gasteiger partial charge in [-0.05, 0) is 48.8 Å². The van der Waals surface area contributed by atoms with Crippen LogP contribution < -0.4 is 10.1 Å². The van der Waals surface area contributed by atoms with Gasteiger partial charge >= 0.3 is 0 Å². The van der Waals surface area contributed by atoms with Crippen LogP contribution in [0.4, 0.5) is 0 Å². The second-order valence-electron chi connectivity index (χ2n) is 7.36. The number of benzene rings is 1. The van der Waals surface area contributed by atoms with Gasteiger partial charge in [0.15, 0.2) is 0 Å². The minimum absolute atomic E-state index is 0.0481. The molecule has 1 unspecified atom stereocenters. The molecule has 1 N–H and O–H groups in total. The Hall–Kier alpha value is -2.08. The molecule has 2 amide bonds. The van der Waals surface area contributed by atoms with Crippen molar-refractivity contribution in [3.63, 3.8) is 0 Å². The minimum Gasteiger partial charge on any atom is -0.497 e. The van der Waals surface area contributed by atoms with Gasteiger partial charge in [0.05, 0.1) is 13.5 Å². The zero-order chi connectivity index (χ0) is 18.6. The Morgan fingerprint density at radius 1 is 1.23 bits per heavy atom. The Labute approximate surface area is 154 Å². The van der Waals surface area contributed by atoms with Crippen molar-refractivity contribution in [2.45, 2.75) is 38.1 Å². The standard InChI is InChI=1S/C20H28N2O4/c1-25-14-18(23)21-17-6-7-20(17)8-10-22(11-9-20)19(24)13-15-4-3-5-16(12-15)26-2/h3-5,12,17H,6-11,13-14H2,1-2H3,(H,21,23). The van der Waals surface area contributed by atoms with Gasteiger partial charge in [0, 0.05) is 26.2 Å². The molecule has 1 spiro atoms.